The van der Waals surface area contributed by atoms with Gasteiger partial charge in [0.15, 0.2) is 5.79 Å². The van der Waals surface area contributed by atoms with Gasteiger partial charge in [-0.3, -0.25) is 5.32 Å². The average molecular weight is 89.1 g/mol. The van der Waals surface area contributed by atoms with Crippen molar-refractivity contribution in [3.05, 3.63) is 0 Å². The number of hydrogen-bond donors (Lipinski definition) is 1. The third-order valence-corrected chi connectivity index (χ3v) is 1.09. The Labute approximate surface area is 36.5 Å². The van der Waals surface area contributed by atoms with E-state index in [1.54, 1.807) is 6.92 Å². The second kappa shape index (κ2) is 0.936. The van der Waals surface area contributed by atoms with Crippen molar-refractivity contribution < 1.29 is 4.39 Å². The van der Waals surface area contributed by atoms with E-state index < -0.39 is 5.79 Å². The summed E-state index contributed by atoms with van der Waals surface area (Å²) in [6.45, 7) is 2.39. The van der Waals surface area contributed by atoms with E-state index in [9.17, 15) is 4.39 Å². The van der Waals surface area contributed by atoms with E-state index in [0.717, 1.165) is 6.54 Å². The molecule has 36 valence electrons. The maximum absolute atomic E-state index is 12.1. The molecule has 1 unspecified atom stereocenters. The fourth-order valence-corrected chi connectivity index (χ4v) is 0.469. The molecule has 0 saturated carbocycles. The molecule has 1 N–H and O–H groups in total. The Morgan fingerprint density at radius 2 is 2.17 bits per heavy atom. The minimum atomic E-state index is -1.03. The lowest BCUT2D eigenvalue weighted by Gasteiger charge is -2.31. The Kier molecular flexibility index (Phi) is 0.634. The minimum absolute atomic E-state index is 0.674. The van der Waals surface area contributed by atoms with Crippen molar-refractivity contribution in [1.29, 1.82) is 0 Å². The zero-order valence-electron chi connectivity index (χ0n) is 3.79. The molecule has 0 aliphatic carbocycles. The van der Waals surface area contributed by atoms with E-state index >= 15 is 0 Å². The summed E-state index contributed by atoms with van der Waals surface area (Å²) in [4.78, 5) is 0. The molecular weight excluding hydrogens is 81.0 g/mol. The molecule has 1 heterocycles. The predicted molar refractivity (Wildman–Crippen MR) is 22.1 cm³/mol. The summed E-state index contributed by atoms with van der Waals surface area (Å²) in [6, 6.07) is 0. The number of alkyl halides is 1. The van der Waals surface area contributed by atoms with Crippen LogP contribution in [-0.4, -0.2) is 12.3 Å². The second-order valence-corrected chi connectivity index (χ2v) is 1.87. The largest absolute Gasteiger partial charge is 0.285 e. The quantitative estimate of drug-likeness (QED) is 0.430. The van der Waals surface area contributed by atoms with Gasteiger partial charge < -0.3 is 0 Å². The first kappa shape index (κ1) is 4.06. The summed E-state index contributed by atoms with van der Waals surface area (Å²) in [5.41, 5.74) is 0. The molecule has 1 aliphatic heterocycles. The molecule has 1 aliphatic rings. The predicted octanol–water partition coefficient (Wildman–Crippen LogP) is 0.665. The monoisotopic (exact) mass is 89.1 g/mol. The van der Waals surface area contributed by atoms with E-state index in [4.69, 9.17) is 0 Å². The zero-order valence-corrected chi connectivity index (χ0v) is 3.79. The van der Waals surface area contributed by atoms with Crippen LogP contribution in [0.3, 0.4) is 0 Å². The van der Waals surface area contributed by atoms with Crippen molar-refractivity contribution in [3.63, 3.8) is 0 Å². The van der Waals surface area contributed by atoms with Crippen molar-refractivity contribution in [1.82, 2.24) is 5.32 Å². The van der Waals surface area contributed by atoms with E-state index in [1.807, 2.05) is 0 Å². The lowest BCUT2D eigenvalue weighted by atomic mass is 10.1. The van der Waals surface area contributed by atoms with Crippen molar-refractivity contribution in [2.45, 2.75) is 19.1 Å². The first-order valence-electron chi connectivity index (χ1n) is 2.15. The van der Waals surface area contributed by atoms with Gasteiger partial charge in [0.05, 0.1) is 0 Å². The van der Waals surface area contributed by atoms with Crippen LogP contribution in [-0.2, 0) is 0 Å². The molecule has 0 radical (unpaired) electrons. The van der Waals surface area contributed by atoms with Crippen molar-refractivity contribution in [2.75, 3.05) is 6.54 Å². The van der Waals surface area contributed by atoms with Gasteiger partial charge in [0.25, 0.3) is 0 Å². The Morgan fingerprint density at radius 3 is 2.17 bits per heavy atom. The Balaban J connectivity index is 2.31. The van der Waals surface area contributed by atoms with Crippen LogP contribution in [0.25, 0.3) is 0 Å². The maximum Gasteiger partial charge on any atom is 0.160 e. The van der Waals surface area contributed by atoms with Gasteiger partial charge in [0.2, 0.25) is 0 Å². The number of hydrogen-bond acceptors (Lipinski definition) is 1. The summed E-state index contributed by atoms with van der Waals surface area (Å²) >= 11 is 0. The molecule has 1 nitrogen and oxygen atoms in total. The molecular formula is C4H8FN. The Bertz CT molecular complexity index is 54.6. The van der Waals surface area contributed by atoms with Gasteiger partial charge >= 0.3 is 0 Å². The Hall–Kier alpha value is -0.110. The fourth-order valence-electron chi connectivity index (χ4n) is 0.469. The smallest absolute Gasteiger partial charge is 0.160 e. The fraction of sp³-hybridized carbons (Fsp3) is 1.00. The maximum atomic E-state index is 12.1. The molecule has 1 saturated heterocycles. The molecule has 0 bridgehead atoms. The van der Waals surface area contributed by atoms with Gasteiger partial charge in [-0.25, -0.2) is 4.39 Å². The van der Waals surface area contributed by atoms with Gasteiger partial charge in [-0.05, 0) is 6.92 Å². The van der Waals surface area contributed by atoms with Crippen LogP contribution in [0, 0.1) is 0 Å². The molecule has 2 heteroatoms. The summed E-state index contributed by atoms with van der Waals surface area (Å²) in [6.07, 6.45) is 0.674. The summed E-state index contributed by atoms with van der Waals surface area (Å²) < 4.78 is 12.1. The summed E-state index contributed by atoms with van der Waals surface area (Å²) in [5.74, 6) is -1.03. The van der Waals surface area contributed by atoms with Crippen molar-refractivity contribution in [2.24, 2.45) is 0 Å². The van der Waals surface area contributed by atoms with Crippen LogP contribution in [0.1, 0.15) is 13.3 Å². The second-order valence-electron chi connectivity index (χ2n) is 1.87. The summed E-state index contributed by atoms with van der Waals surface area (Å²) in [5, 5.41) is 2.62. The van der Waals surface area contributed by atoms with Crippen LogP contribution < -0.4 is 5.32 Å². The molecule has 0 aromatic heterocycles. The Morgan fingerprint density at radius 1 is 1.83 bits per heavy atom. The molecule has 1 fully saturated rings. The first-order chi connectivity index (χ1) is 2.71. The number of rotatable bonds is 0. The zero-order chi connectivity index (χ0) is 4.62. The normalized spacial score (nSPS) is 45.0. The van der Waals surface area contributed by atoms with E-state index in [2.05, 4.69) is 5.32 Å². The SMILES string of the molecule is CC1(F)CCN1. The van der Waals surface area contributed by atoms with Crippen LogP contribution in [0.2, 0.25) is 0 Å². The molecule has 0 aromatic carbocycles. The van der Waals surface area contributed by atoms with Gasteiger partial charge in [-0.2, -0.15) is 0 Å². The van der Waals surface area contributed by atoms with E-state index in [1.165, 1.54) is 0 Å². The van der Waals surface area contributed by atoms with Crippen LogP contribution in [0.5, 0.6) is 0 Å². The molecule has 1 rings (SSSR count). The van der Waals surface area contributed by atoms with Gasteiger partial charge in [0, 0.05) is 13.0 Å². The number of nitrogens with one attached hydrogen (secondary N) is 1. The lowest BCUT2D eigenvalue weighted by Crippen LogP contribution is -2.50. The highest BCUT2D eigenvalue weighted by Gasteiger charge is 2.29. The first-order valence-corrected chi connectivity index (χ1v) is 2.15. The highest BCUT2D eigenvalue weighted by atomic mass is 19.1. The van der Waals surface area contributed by atoms with Crippen molar-refractivity contribution in [3.8, 4) is 0 Å². The third kappa shape index (κ3) is 0.522. The van der Waals surface area contributed by atoms with Gasteiger partial charge in [-0.1, -0.05) is 0 Å². The lowest BCUT2D eigenvalue weighted by molar-refractivity contribution is 0.0598. The minimum Gasteiger partial charge on any atom is -0.285 e. The molecule has 6 heavy (non-hydrogen) atoms. The standard InChI is InChI=1S/C4H8FN/c1-4(5)2-3-6-4/h6H,2-3H2,1H3. The summed E-state index contributed by atoms with van der Waals surface area (Å²) in [7, 11) is 0. The topological polar surface area (TPSA) is 12.0 Å². The number of halogens is 1. The molecule has 0 spiro atoms. The van der Waals surface area contributed by atoms with E-state index in [0.29, 0.717) is 6.42 Å². The van der Waals surface area contributed by atoms with Crippen LogP contribution in [0.15, 0.2) is 0 Å². The molecule has 0 amide bonds. The van der Waals surface area contributed by atoms with Gasteiger partial charge in [-0.15, -0.1) is 0 Å². The molecule has 0 aromatic rings. The van der Waals surface area contributed by atoms with E-state index in [-0.39, 0.29) is 0 Å². The average Bonchev–Trinajstić information content (AvgIpc) is 1.32. The van der Waals surface area contributed by atoms with Crippen LogP contribution in [0.4, 0.5) is 4.39 Å². The third-order valence-electron chi connectivity index (χ3n) is 1.09. The highest BCUT2D eigenvalue weighted by molar-refractivity contribution is 4.80. The van der Waals surface area contributed by atoms with Crippen molar-refractivity contribution >= 4 is 0 Å². The molecule has 1 atom stereocenters. The highest BCUT2D eigenvalue weighted by Crippen LogP contribution is 2.17. The van der Waals surface area contributed by atoms with Gasteiger partial charge in [0.1, 0.15) is 0 Å². The van der Waals surface area contributed by atoms with Crippen LogP contribution >= 0.6 is 0 Å².